The Balaban J connectivity index is 2.04. The Labute approximate surface area is 129 Å². The van der Waals surface area contributed by atoms with E-state index in [4.69, 9.17) is 23.2 Å². The van der Waals surface area contributed by atoms with Crippen molar-refractivity contribution in [2.75, 3.05) is 7.05 Å². The highest BCUT2D eigenvalue weighted by Gasteiger charge is 2.10. The summed E-state index contributed by atoms with van der Waals surface area (Å²) in [7, 11) is 1.95. The van der Waals surface area contributed by atoms with E-state index in [2.05, 4.69) is 5.32 Å². The molecule has 0 radical (unpaired) electrons. The minimum absolute atomic E-state index is 0.291. The molecule has 2 rings (SSSR count). The quantitative estimate of drug-likeness (QED) is 0.872. The number of phenols is 1. The maximum atomic E-state index is 9.30. The first kappa shape index (κ1) is 15.2. The zero-order valence-corrected chi connectivity index (χ0v) is 12.7. The molecule has 0 heterocycles. The van der Waals surface area contributed by atoms with Crippen LogP contribution >= 0.6 is 23.2 Å². The summed E-state index contributed by atoms with van der Waals surface area (Å²) in [5.74, 6) is 0.291. The fraction of sp³-hybridized carbons (Fsp3) is 0.250. The molecule has 1 unspecified atom stereocenters. The molecule has 0 fully saturated rings. The van der Waals surface area contributed by atoms with E-state index in [1.54, 1.807) is 12.1 Å². The van der Waals surface area contributed by atoms with Crippen molar-refractivity contribution in [3.05, 3.63) is 63.6 Å². The number of hydrogen-bond acceptors (Lipinski definition) is 2. The van der Waals surface area contributed by atoms with E-state index in [1.807, 2.05) is 37.4 Å². The molecular formula is C16H17Cl2NO. The molecule has 2 aromatic carbocycles. The van der Waals surface area contributed by atoms with Gasteiger partial charge in [-0.25, -0.2) is 0 Å². The van der Waals surface area contributed by atoms with Crippen molar-refractivity contribution in [1.82, 2.24) is 5.32 Å². The van der Waals surface area contributed by atoms with Crippen LogP contribution in [0.5, 0.6) is 5.75 Å². The predicted octanol–water partition coefficient (Wildman–Crippen LogP) is 4.07. The largest absolute Gasteiger partial charge is 0.508 e. The van der Waals surface area contributed by atoms with E-state index in [0.29, 0.717) is 21.8 Å². The maximum absolute atomic E-state index is 9.30. The first-order valence-electron chi connectivity index (χ1n) is 6.47. The topological polar surface area (TPSA) is 32.3 Å². The summed E-state index contributed by atoms with van der Waals surface area (Å²) in [4.78, 5) is 0. The summed E-state index contributed by atoms with van der Waals surface area (Å²) in [6.07, 6.45) is 1.76. The van der Waals surface area contributed by atoms with Gasteiger partial charge in [-0.1, -0.05) is 41.4 Å². The van der Waals surface area contributed by atoms with Crippen molar-refractivity contribution in [1.29, 1.82) is 0 Å². The second kappa shape index (κ2) is 6.98. The van der Waals surface area contributed by atoms with E-state index >= 15 is 0 Å². The Morgan fingerprint density at radius 3 is 2.15 bits per heavy atom. The average molecular weight is 310 g/mol. The van der Waals surface area contributed by atoms with Gasteiger partial charge >= 0.3 is 0 Å². The third kappa shape index (κ3) is 4.14. The number of benzene rings is 2. The van der Waals surface area contributed by atoms with Gasteiger partial charge in [0, 0.05) is 6.04 Å². The number of nitrogens with one attached hydrogen (secondary N) is 1. The number of phenolic OH excluding ortho intramolecular Hbond substituents is 1. The van der Waals surface area contributed by atoms with Crippen molar-refractivity contribution < 1.29 is 5.11 Å². The molecule has 1 atom stereocenters. The lowest BCUT2D eigenvalue weighted by Gasteiger charge is -2.17. The van der Waals surface area contributed by atoms with Gasteiger partial charge in [0.2, 0.25) is 0 Å². The van der Waals surface area contributed by atoms with Gasteiger partial charge < -0.3 is 10.4 Å². The van der Waals surface area contributed by atoms with Crippen molar-refractivity contribution >= 4 is 23.2 Å². The molecule has 0 aliphatic rings. The van der Waals surface area contributed by atoms with E-state index in [-0.39, 0.29) is 0 Å². The summed E-state index contributed by atoms with van der Waals surface area (Å²) in [5.41, 5.74) is 2.33. The van der Waals surface area contributed by atoms with Crippen LogP contribution in [0.2, 0.25) is 10.0 Å². The second-order valence-electron chi connectivity index (χ2n) is 4.81. The molecule has 0 aromatic heterocycles. The fourth-order valence-corrected chi connectivity index (χ4v) is 2.46. The zero-order valence-electron chi connectivity index (χ0n) is 11.2. The lowest BCUT2D eigenvalue weighted by Crippen LogP contribution is -2.29. The van der Waals surface area contributed by atoms with Gasteiger partial charge in [-0.15, -0.1) is 0 Å². The normalized spacial score (nSPS) is 12.3. The van der Waals surface area contributed by atoms with Gasteiger partial charge in [0.15, 0.2) is 0 Å². The Bertz CT molecular complexity index is 569. The molecule has 4 heteroatoms. The Kier molecular flexibility index (Phi) is 5.30. The molecule has 2 aromatic rings. The van der Waals surface area contributed by atoms with Crippen LogP contribution in [0.1, 0.15) is 11.1 Å². The molecule has 0 aliphatic heterocycles. The van der Waals surface area contributed by atoms with Crippen molar-refractivity contribution in [3.8, 4) is 5.75 Å². The molecule has 2 N–H and O–H groups in total. The minimum atomic E-state index is 0.291. The molecule has 2 nitrogen and oxygen atoms in total. The second-order valence-corrected chi connectivity index (χ2v) is 5.62. The van der Waals surface area contributed by atoms with E-state index < -0.39 is 0 Å². The zero-order chi connectivity index (χ0) is 14.5. The molecule has 0 saturated carbocycles. The van der Waals surface area contributed by atoms with Crippen LogP contribution in [-0.2, 0) is 12.8 Å². The molecule has 0 bridgehead atoms. The van der Waals surface area contributed by atoms with Gasteiger partial charge in [-0.3, -0.25) is 0 Å². The number of likely N-dealkylation sites (N-methyl/N-ethyl adjacent to an activating group) is 1. The fourth-order valence-electron chi connectivity index (χ4n) is 2.14. The van der Waals surface area contributed by atoms with Crippen molar-refractivity contribution in [2.45, 2.75) is 18.9 Å². The lowest BCUT2D eigenvalue weighted by molar-refractivity contribution is 0.474. The van der Waals surface area contributed by atoms with Gasteiger partial charge in [0.1, 0.15) is 5.75 Å². The van der Waals surface area contributed by atoms with Crippen molar-refractivity contribution in [3.63, 3.8) is 0 Å². The average Bonchev–Trinajstić information content (AvgIpc) is 2.44. The molecular weight excluding hydrogens is 293 g/mol. The van der Waals surface area contributed by atoms with Crippen LogP contribution in [-0.4, -0.2) is 18.2 Å². The third-order valence-electron chi connectivity index (χ3n) is 3.29. The maximum Gasteiger partial charge on any atom is 0.115 e. The number of hydrogen-bond donors (Lipinski definition) is 2. The summed E-state index contributed by atoms with van der Waals surface area (Å²) in [6, 6.07) is 13.3. The summed E-state index contributed by atoms with van der Waals surface area (Å²) < 4.78 is 0. The molecule has 0 spiro atoms. The van der Waals surface area contributed by atoms with Gasteiger partial charge in [-0.05, 0) is 55.3 Å². The Morgan fingerprint density at radius 1 is 0.950 bits per heavy atom. The van der Waals surface area contributed by atoms with E-state index in [0.717, 1.165) is 18.4 Å². The summed E-state index contributed by atoms with van der Waals surface area (Å²) >= 11 is 12.0. The van der Waals surface area contributed by atoms with Crippen LogP contribution in [0.15, 0.2) is 42.5 Å². The van der Waals surface area contributed by atoms with E-state index in [9.17, 15) is 5.11 Å². The smallest absolute Gasteiger partial charge is 0.115 e. The number of aromatic hydroxyl groups is 1. The van der Waals surface area contributed by atoms with Gasteiger partial charge in [0.25, 0.3) is 0 Å². The molecule has 0 amide bonds. The first-order chi connectivity index (χ1) is 9.58. The summed E-state index contributed by atoms with van der Waals surface area (Å²) in [6.45, 7) is 0. The molecule has 20 heavy (non-hydrogen) atoms. The van der Waals surface area contributed by atoms with Crippen LogP contribution in [0.25, 0.3) is 0 Å². The third-order valence-corrected chi connectivity index (χ3v) is 4.03. The number of rotatable bonds is 5. The van der Waals surface area contributed by atoms with Crippen LogP contribution in [0, 0.1) is 0 Å². The predicted molar refractivity (Wildman–Crippen MR) is 84.8 cm³/mol. The SMILES string of the molecule is CNC(Cc1ccc(O)cc1)Cc1ccc(Cl)c(Cl)c1. The Morgan fingerprint density at radius 2 is 1.55 bits per heavy atom. The van der Waals surface area contributed by atoms with Crippen LogP contribution in [0.4, 0.5) is 0 Å². The van der Waals surface area contributed by atoms with E-state index in [1.165, 1.54) is 5.56 Å². The van der Waals surface area contributed by atoms with Gasteiger partial charge in [-0.2, -0.15) is 0 Å². The summed E-state index contributed by atoms with van der Waals surface area (Å²) in [5, 5.41) is 13.8. The number of halogens is 2. The monoisotopic (exact) mass is 309 g/mol. The molecule has 0 saturated heterocycles. The van der Waals surface area contributed by atoms with Crippen LogP contribution in [0.3, 0.4) is 0 Å². The highest BCUT2D eigenvalue weighted by molar-refractivity contribution is 6.42. The highest BCUT2D eigenvalue weighted by atomic mass is 35.5. The Hall–Kier alpha value is -1.22. The first-order valence-corrected chi connectivity index (χ1v) is 7.23. The van der Waals surface area contributed by atoms with Crippen molar-refractivity contribution in [2.24, 2.45) is 0 Å². The minimum Gasteiger partial charge on any atom is -0.508 e. The van der Waals surface area contributed by atoms with Crippen LogP contribution < -0.4 is 5.32 Å². The van der Waals surface area contributed by atoms with Gasteiger partial charge in [0.05, 0.1) is 10.0 Å². The lowest BCUT2D eigenvalue weighted by atomic mass is 9.99. The molecule has 106 valence electrons. The highest BCUT2D eigenvalue weighted by Crippen LogP contribution is 2.23. The molecule has 0 aliphatic carbocycles. The standard InChI is InChI=1S/C16H17Cl2NO/c1-19-13(8-11-2-5-14(20)6-3-11)9-12-4-7-15(17)16(18)10-12/h2-7,10,13,19-20H,8-9H2,1H3.